The zero-order valence-corrected chi connectivity index (χ0v) is 20.2. The SMILES string of the molecule is CC[C@H](C(=O)NC(C)C)N(Cc1ccc(F)cc1)C(=O)CSCc1ccc(Cl)cc1Cl. The van der Waals surface area contributed by atoms with Crippen molar-refractivity contribution >= 4 is 46.8 Å². The lowest BCUT2D eigenvalue weighted by atomic mass is 10.1. The third kappa shape index (κ3) is 8.02. The standard InChI is InChI=1S/C23H27Cl2FN2O2S/c1-4-21(23(30)27-15(2)3)28(12-16-5-9-19(26)10-6-16)22(29)14-31-13-17-7-8-18(24)11-20(17)25/h5-11,15,21H,4,12-14H2,1-3H3,(H,27,30)/t21-/m1/s1. The summed E-state index contributed by atoms with van der Waals surface area (Å²) in [6, 6.07) is 10.6. The number of halogens is 3. The van der Waals surface area contributed by atoms with Gasteiger partial charge in [0.05, 0.1) is 5.75 Å². The summed E-state index contributed by atoms with van der Waals surface area (Å²) < 4.78 is 13.3. The zero-order chi connectivity index (χ0) is 23.0. The highest BCUT2D eigenvalue weighted by atomic mass is 35.5. The molecule has 0 aliphatic carbocycles. The van der Waals surface area contributed by atoms with Gasteiger partial charge in [-0.2, -0.15) is 0 Å². The van der Waals surface area contributed by atoms with Crippen molar-refractivity contribution < 1.29 is 14.0 Å². The average Bonchev–Trinajstić information content (AvgIpc) is 2.70. The quantitative estimate of drug-likeness (QED) is 0.470. The smallest absolute Gasteiger partial charge is 0.243 e. The molecule has 0 radical (unpaired) electrons. The van der Waals surface area contributed by atoms with Crippen LogP contribution in [0.4, 0.5) is 4.39 Å². The first-order valence-electron chi connectivity index (χ1n) is 10.1. The molecule has 2 amide bonds. The first kappa shape index (κ1) is 25.5. The molecule has 2 rings (SSSR count). The minimum Gasteiger partial charge on any atom is -0.352 e. The number of carbonyl (C=O) groups excluding carboxylic acids is 2. The Kier molecular flexibility index (Phi) is 10.1. The van der Waals surface area contributed by atoms with Gasteiger partial charge in [0, 0.05) is 28.4 Å². The molecule has 2 aromatic carbocycles. The highest BCUT2D eigenvalue weighted by Crippen LogP contribution is 2.25. The van der Waals surface area contributed by atoms with Gasteiger partial charge in [-0.05, 0) is 55.7 Å². The van der Waals surface area contributed by atoms with Gasteiger partial charge in [-0.15, -0.1) is 11.8 Å². The van der Waals surface area contributed by atoms with Gasteiger partial charge < -0.3 is 10.2 Å². The molecule has 0 aliphatic rings. The maximum Gasteiger partial charge on any atom is 0.243 e. The number of amides is 2. The zero-order valence-electron chi connectivity index (χ0n) is 17.8. The topological polar surface area (TPSA) is 49.4 Å². The van der Waals surface area contributed by atoms with Crippen LogP contribution in [0.1, 0.15) is 38.3 Å². The molecule has 0 bridgehead atoms. The molecule has 0 saturated heterocycles. The fourth-order valence-electron chi connectivity index (χ4n) is 3.06. The molecule has 0 spiro atoms. The van der Waals surface area contributed by atoms with Crippen LogP contribution in [0.15, 0.2) is 42.5 Å². The molecule has 1 N–H and O–H groups in total. The van der Waals surface area contributed by atoms with E-state index >= 15 is 0 Å². The molecule has 31 heavy (non-hydrogen) atoms. The van der Waals surface area contributed by atoms with Gasteiger partial charge in [-0.3, -0.25) is 9.59 Å². The Morgan fingerprint density at radius 1 is 1.13 bits per heavy atom. The molecular formula is C23H27Cl2FN2O2S. The molecule has 1 atom stereocenters. The van der Waals surface area contributed by atoms with Crippen molar-refractivity contribution in [3.8, 4) is 0 Å². The third-order valence-corrected chi connectivity index (χ3v) is 6.13. The van der Waals surface area contributed by atoms with E-state index in [0.717, 1.165) is 11.1 Å². The van der Waals surface area contributed by atoms with Gasteiger partial charge in [-0.1, -0.05) is 48.3 Å². The fraction of sp³-hybridized carbons (Fsp3) is 0.391. The minimum absolute atomic E-state index is 0.0363. The number of hydrogen-bond acceptors (Lipinski definition) is 3. The summed E-state index contributed by atoms with van der Waals surface area (Å²) >= 11 is 13.6. The van der Waals surface area contributed by atoms with Crippen LogP contribution in [0.3, 0.4) is 0 Å². The predicted octanol–water partition coefficient (Wildman–Crippen LogP) is 5.70. The first-order chi connectivity index (χ1) is 14.7. The van der Waals surface area contributed by atoms with Gasteiger partial charge in [0.2, 0.25) is 11.8 Å². The van der Waals surface area contributed by atoms with Crippen LogP contribution in [0.2, 0.25) is 10.0 Å². The fourth-order valence-corrected chi connectivity index (χ4v) is 4.53. The van der Waals surface area contributed by atoms with E-state index in [1.165, 1.54) is 23.9 Å². The molecular weight excluding hydrogens is 458 g/mol. The Hall–Kier alpha value is -1.76. The van der Waals surface area contributed by atoms with E-state index in [1.54, 1.807) is 29.2 Å². The molecule has 0 aliphatic heterocycles. The van der Waals surface area contributed by atoms with Crippen molar-refractivity contribution in [2.24, 2.45) is 0 Å². The van der Waals surface area contributed by atoms with Crippen LogP contribution in [-0.2, 0) is 21.9 Å². The molecule has 0 fully saturated rings. The lowest BCUT2D eigenvalue weighted by molar-refractivity contribution is -0.139. The Morgan fingerprint density at radius 3 is 2.39 bits per heavy atom. The Morgan fingerprint density at radius 2 is 1.81 bits per heavy atom. The largest absolute Gasteiger partial charge is 0.352 e. The molecule has 0 saturated carbocycles. The summed E-state index contributed by atoms with van der Waals surface area (Å²) in [4.78, 5) is 27.4. The molecule has 0 aromatic heterocycles. The normalized spacial score (nSPS) is 12.0. The van der Waals surface area contributed by atoms with Gasteiger partial charge in [0.15, 0.2) is 0 Å². The lowest BCUT2D eigenvalue weighted by Crippen LogP contribution is -2.50. The summed E-state index contributed by atoms with van der Waals surface area (Å²) in [6.07, 6.45) is 0.471. The second-order valence-corrected chi connectivity index (χ2v) is 9.29. The first-order valence-corrected chi connectivity index (χ1v) is 12.0. The number of benzene rings is 2. The number of nitrogens with zero attached hydrogens (tertiary/aromatic N) is 1. The number of hydrogen-bond donors (Lipinski definition) is 1. The van der Waals surface area contributed by atoms with Crippen molar-refractivity contribution in [3.05, 3.63) is 69.5 Å². The summed E-state index contributed by atoms with van der Waals surface area (Å²) in [5, 5.41) is 4.00. The van der Waals surface area contributed by atoms with Crippen LogP contribution in [0, 0.1) is 5.82 Å². The van der Waals surface area contributed by atoms with Crippen LogP contribution < -0.4 is 5.32 Å². The average molecular weight is 485 g/mol. The highest BCUT2D eigenvalue weighted by Gasteiger charge is 2.28. The van der Waals surface area contributed by atoms with Crippen LogP contribution in [0.25, 0.3) is 0 Å². The predicted molar refractivity (Wildman–Crippen MR) is 127 cm³/mol. The second kappa shape index (κ2) is 12.3. The molecule has 8 heteroatoms. The molecule has 2 aromatic rings. The van der Waals surface area contributed by atoms with E-state index in [-0.39, 0.29) is 36.0 Å². The lowest BCUT2D eigenvalue weighted by Gasteiger charge is -2.31. The second-order valence-electron chi connectivity index (χ2n) is 7.46. The van der Waals surface area contributed by atoms with Crippen molar-refractivity contribution in [3.63, 3.8) is 0 Å². The van der Waals surface area contributed by atoms with E-state index in [0.29, 0.717) is 22.2 Å². The van der Waals surface area contributed by atoms with Crippen LogP contribution in [-0.4, -0.2) is 34.6 Å². The highest BCUT2D eigenvalue weighted by molar-refractivity contribution is 7.99. The number of carbonyl (C=O) groups is 2. The van der Waals surface area contributed by atoms with E-state index in [4.69, 9.17) is 23.2 Å². The maximum atomic E-state index is 13.3. The number of thioether (sulfide) groups is 1. The van der Waals surface area contributed by atoms with E-state index in [1.807, 2.05) is 26.8 Å². The Bertz CT molecular complexity index is 894. The number of nitrogens with one attached hydrogen (secondary N) is 1. The Labute approximate surface area is 197 Å². The van der Waals surface area contributed by atoms with Crippen molar-refractivity contribution in [1.29, 1.82) is 0 Å². The summed E-state index contributed by atoms with van der Waals surface area (Å²) in [7, 11) is 0. The van der Waals surface area contributed by atoms with E-state index in [2.05, 4.69) is 5.32 Å². The third-order valence-electron chi connectivity index (χ3n) is 4.58. The molecule has 168 valence electrons. The maximum absolute atomic E-state index is 13.3. The van der Waals surface area contributed by atoms with Gasteiger partial charge in [0.25, 0.3) is 0 Å². The van der Waals surface area contributed by atoms with Gasteiger partial charge in [0.1, 0.15) is 11.9 Å². The van der Waals surface area contributed by atoms with E-state index in [9.17, 15) is 14.0 Å². The Balaban J connectivity index is 2.13. The van der Waals surface area contributed by atoms with Crippen LogP contribution in [0.5, 0.6) is 0 Å². The van der Waals surface area contributed by atoms with Crippen molar-refractivity contribution in [1.82, 2.24) is 10.2 Å². The summed E-state index contributed by atoms with van der Waals surface area (Å²) in [5.41, 5.74) is 1.65. The van der Waals surface area contributed by atoms with Crippen molar-refractivity contribution in [2.75, 3.05) is 5.75 Å². The van der Waals surface area contributed by atoms with Crippen molar-refractivity contribution in [2.45, 2.75) is 51.6 Å². The van der Waals surface area contributed by atoms with Gasteiger partial charge in [-0.25, -0.2) is 4.39 Å². The summed E-state index contributed by atoms with van der Waals surface area (Å²) in [5.74, 6) is 0.0256. The number of rotatable bonds is 10. The molecule has 0 unspecified atom stereocenters. The van der Waals surface area contributed by atoms with Crippen LogP contribution >= 0.6 is 35.0 Å². The summed E-state index contributed by atoms with van der Waals surface area (Å²) in [6.45, 7) is 5.85. The monoisotopic (exact) mass is 484 g/mol. The molecule has 4 nitrogen and oxygen atoms in total. The minimum atomic E-state index is -0.611. The molecule has 0 heterocycles. The van der Waals surface area contributed by atoms with E-state index < -0.39 is 6.04 Å². The van der Waals surface area contributed by atoms with Gasteiger partial charge >= 0.3 is 0 Å².